The highest BCUT2D eigenvalue weighted by atomic mass is 127. The van der Waals surface area contributed by atoms with Gasteiger partial charge in [-0.3, -0.25) is 4.99 Å². The quantitative estimate of drug-likeness (QED) is 0.245. The van der Waals surface area contributed by atoms with Crippen LogP contribution in [0.3, 0.4) is 0 Å². The van der Waals surface area contributed by atoms with Crippen LogP contribution in [0.1, 0.15) is 13.3 Å². The Morgan fingerprint density at radius 2 is 1.77 bits per heavy atom. The maximum absolute atomic E-state index is 12.2. The van der Waals surface area contributed by atoms with Crippen LogP contribution in [0.4, 0.5) is 0 Å². The lowest BCUT2D eigenvalue weighted by atomic mass is 10.4. The number of nitrogens with zero attached hydrogens (tertiary/aromatic N) is 2. The van der Waals surface area contributed by atoms with Gasteiger partial charge >= 0.3 is 0 Å². The molecule has 1 aromatic heterocycles. The number of hydrogen-bond acceptors (Lipinski definition) is 3. The summed E-state index contributed by atoms with van der Waals surface area (Å²) >= 11 is 0. The summed E-state index contributed by atoms with van der Waals surface area (Å²) < 4.78 is 26.5. The summed E-state index contributed by atoms with van der Waals surface area (Å²) in [7, 11) is -3.23. The second kappa shape index (κ2) is 11.9. The molecule has 144 valence electrons. The Hall–Kier alpha value is -1.55. The number of aromatic nitrogens is 1. The zero-order valence-electron chi connectivity index (χ0n) is 15.0. The minimum Gasteiger partial charge on any atom is -0.357 e. The second-order valence-electron chi connectivity index (χ2n) is 5.59. The van der Waals surface area contributed by atoms with Crippen LogP contribution >= 0.6 is 24.0 Å². The molecule has 1 heterocycles. The van der Waals surface area contributed by atoms with E-state index in [1.807, 2.05) is 37.5 Å². The molecule has 26 heavy (non-hydrogen) atoms. The number of rotatable bonds is 9. The number of aliphatic imine (C=N–C) groups is 1. The van der Waals surface area contributed by atoms with E-state index in [-0.39, 0.29) is 29.7 Å². The van der Waals surface area contributed by atoms with E-state index in [0.717, 1.165) is 19.6 Å². The molecule has 0 fully saturated rings. The zero-order valence-corrected chi connectivity index (χ0v) is 18.1. The summed E-state index contributed by atoms with van der Waals surface area (Å²) in [6, 6.07) is 12.5. The molecular weight excluding hydrogens is 463 g/mol. The van der Waals surface area contributed by atoms with Gasteiger partial charge in [-0.2, -0.15) is 0 Å². The maximum atomic E-state index is 12.2. The summed E-state index contributed by atoms with van der Waals surface area (Å²) in [5.74, 6) is 0.815. The standard InChI is InChI=1S/C18H26N4O2S.HI/c1-2-19-18(21-12-15-22-13-6-7-14-22)20-11-8-16-25(23,24)17-9-4-3-5-10-17;/h3-7,9-10,13-14H,2,8,11-12,15-16H2,1H3,(H2,19,20,21);1H. The SMILES string of the molecule is CCNC(=NCCCS(=O)(=O)c1ccccc1)NCCn1cccc1.I. The smallest absolute Gasteiger partial charge is 0.191 e. The third-order valence-corrected chi connectivity index (χ3v) is 5.43. The van der Waals surface area contributed by atoms with Gasteiger partial charge in [0.15, 0.2) is 15.8 Å². The van der Waals surface area contributed by atoms with E-state index in [9.17, 15) is 8.42 Å². The molecule has 0 unspecified atom stereocenters. The van der Waals surface area contributed by atoms with E-state index in [1.54, 1.807) is 24.3 Å². The van der Waals surface area contributed by atoms with Crippen LogP contribution < -0.4 is 10.6 Å². The first-order valence-corrected chi connectivity index (χ1v) is 10.2. The van der Waals surface area contributed by atoms with Crippen LogP contribution in [0.2, 0.25) is 0 Å². The Labute approximate surface area is 173 Å². The lowest BCUT2D eigenvalue weighted by molar-refractivity contribution is 0.593. The topological polar surface area (TPSA) is 75.5 Å². The van der Waals surface area contributed by atoms with Crippen molar-refractivity contribution >= 4 is 39.8 Å². The molecule has 0 saturated heterocycles. The Morgan fingerprint density at radius 1 is 1.08 bits per heavy atom. The molecule has 1 aromatic carbocycles. The van der Waals surface area contributed by atoms with Gasteiger partial charge in [0.2, 0.25) is 0 Å². The number of hydrogen-bond donors (Lipinski definition) is 2. The Kier molecular flexibility index (Phi) is 10.3. The van der Waals surface area contributed by atoms with Gasteiger partial charge in [0.25, 0.3) is 0 Å². The molecule has 0 aliphatic carbocycles. The molecule has 0 saturated carbocycles. The number of sulfone groups is 1. The van der Waals surface area contributed by atoms with Crippen LogP contribution in [0.5, 0.6) is 0 Å². The van der Waals surface area contributed by atoms with Crippen molar-refractivity contribution in [3.8, 4) is 0 Å². The molecule has 0 spiro atoms. The van der Waals surface area contributed by atoms with Gasteiger partial charge in [-0.05, 0) is 37.6 Å². The van der Waals surface area contributed by atoms with E-state index < -0.39 is 9.84 Å². The minimum atomic E-state index is -3.23. The fourth-order valence-electron chi connectivity index (χ4n) is 2.36. The van der Waals surface area contributed by atoms with Gasteiger partial charge in [-0.25, -0.2) is 8.42 Å². The number of halogens is 1. The van der Waals surface area contributed by atoms with Gasteiger partial charge in [0, 0.05) is 38.6 Å². The predicted molar refractivity (Wildman–Crippen MR) is 117 cm³/mol. The van der Waals surface area contributed by atoms with Crippen molar-refractivity contribution in [2.75, 3.05) is 25.4 Å². The summed E-state index contributed by atoms with van der Waals surface area (Å²) in [5, 5.41) is 6.43. The molecule has 6 nitrogen and oxygen atoms in total. The van der Waals surface area contributed by atoms with Gasteiger partial charge in [-0.15, -0.1) is 24.0 Å². The summed E-state index contributed by atoms with van der Waals surface area (Å²) in [6.07, 6.45) is 4.52. The molecule has 0 radical (unpaired) electrons. The monoisotopic (exact) mass is 490 g/mol. The van der Waals surface area contributed by atoms with Crippen molar-refractivity contribution in [1.82, 2.24) is 15.2 Å². The van der Waals surface area contributed by atoms with E-state index in [2.05, 4.69) is 20.2 Å². The van der Waals surface area contributed by atoms with E-state index in [0.29, 0.717) is 23.8 Å². The zero-order chi connectivity index (χ0) is 18.0. The normalized spacial score (nSPS) is 11.7. The average Bonchev–Trinajstić information content (AvgIpc) is 3.13. The van der Waals surface area contributed by atoms with Gasteiger partial charge < -0.3 is 15.2 Å². The Bertz CT molecular complexity index is 747. The third kappa shape index (κ3) is 7.77. The summed E-state index contributed by atoms with van der Waals surface area (Å²) in [6.45, 7) is 4.83. The molecule has 0 bridgehead atoms. The van der Waals surface area contributed by atoms with Crippen LogP contribution in [0, 0.1) is 0 Å². The second-order valence-corrected chi connectivity index (χ2v) is 7.70. The highest BCUT2D eigenvalue weighted by Crippen LogP contribution is 2.10. The summed E-state index contributed by atoms with van der Waals surface area (Å²) in [4.78, 5) is 4.82. The van der Waals surface area contributed by atoms with Crippen LogP contribution in [-0.4, -0.2) is 44.3 Å². The fraction of sp³-hybridized carbons (Fsp3) is 0.389. The Morgan fingerprint density at radius 3 is 2.42 bits per heavy atom. The molecule has 0 amide bonds. The van der Waals surface area contributed by atoms with E-state index in [4.69, 9.17) is 0 Å². The van der Waals surface area contributed by atoms with E-state index >= 15 is 0 Å². The van der Waals surface area contributed by atoms with Crippen LogP contribution in [0.25, 0.3) is 0 Å². The average molecular weight is 490 g/mol. The third-order valence-electron chi connectivity index (χ3n) is 3.62. The molecular formula is C18H27IN4O2S. The highest BCUT2D eigenvalue weighted by molar-refractivity contribution is 14.0. The van der Waals surface area contributed by atoms with Gasteiger partial charge in [0.05, 0.1) is 10.6 Å². The van der Waals surface area contributed by atoms with Crippen LogP contribution in [-0.2, 0) is 16.4 Å². The van der Waals surface area contributed by atoms with E-state index in [1.165, 1.54) is 0 Å². The van der Waals surface area contributed by atoms with Crippen molar-refractivity contribution in [1.29, 1.82) is 0 Å². The first kappa shape index (κ1) is 22.5. The molecule has 2 aromatic rings. The number of benzene rings is 1. The molecule has 2 rings (SSSR count). The molecule has 0 atom stereocenters. The first-order valence-electron chi connectivity index (χ1n) is 8.52. The first-order chi connectivity index (χ1) is 12.1. The van der Waals surface area contributed by atoms with Crippen molar-refractivity contribution in [3.05, 3.63) is 54.9 Å². The van der Waals surface area contributed by atoms with Crippen molar-refractivity contribution in [2.24, 2.45) is 4.99 Å². The van der Waals surface area contributed by atoms with Gasteiger partial charge in [-0.1, -0.05) is 18.2 Å². The van der Waals surface area contributed by atoms with Crippen molar-refractivity contribution in [2.45, 2.75) is 24.8 Å². The molecule has 0 aliphatic rings. The molecule has 0 aliphatic heterocycles. The Balaban J connectivity index is 0.00000338. The predicted octanol–water partition coefficient (Wildman–Crippen LogP) is 2.53. The van der Waals surface area contributed by atoms with Crippen LogP contribution in [0.15, 0.2) is 64.7 Å². The highest BCUT2D eigenvalue weighted by Gasteiger charge is 2.12. The lowest BCUT2D eigenvalue weighted by Gasteiger charge is -2.11. The van der Waals surface area contributed by atoms with Crippen molar-refractivity contribution in [3.63, 3.8) is 0 Å². The molecule has 2 N–H and O–H groups in total. The largest absolute Gasteiger partial charge is 0.357 e. The van der Waals surface area contributed by atoms with Gasteiger partial charge in [0.1, 0.15) is 0 Å². The lowest BCUT2D eigenvalue weighted by Crippen LogP contribution is -2.39. The fourth-order valence-corrected chi connectivity index (χ4v) is 3.67. The minimum absolute atomic E-state index is 0. The maximum Gasteiger partial charge on any atom is 0.191 e. The summed E-state index contributed by atoms with van der Waals surface area (Å²) in [5.41, 5.74) is 0. The number of guanidine groups is 1. The molecule has 8 heteroatoms. The van der Waals surface area contributed by atoms with Crippen molar-refractivity contribution < 1.29 is 8.42 Å². The number of nitrogens with one attached hydrogen (secondary N) is 2.